The molecule has 3 aliphatic rings. The number of likely N-dealkylation sites (tertiary alicyclic amines) is 1. The highest BCUT2D eigenvalue weighted by atomic mass is 16.5. The molecule has 1 amide bonds. The molecule has 1 aromatic heterocycles. The summed E-state index contributed by atoms with van der Waals surface area (Å²) in [5.41, 5.74) is 0. The molecule has 0 saturated carbocycles. The van der Waals surface area contributed by atoms with Gasteiger partial charge in [0.2, 0.25) is 5.91 Å². The van der Waals surface area contributed by atoms with E-state index in [1.54, 1.807) is 0 Å². The van der Waals surface area contributed by atoms with Gasteiger partial charge < -0.3 is 19.2 Å². The van der Waals surface area contributed by atoms with E-state index in [0.29, 0.717) is 12.0 Å². The number of carbonyl (C=O) groups is 1. The van der Waals surface area contributed by atoms with Crippen LogP contribution in [0.4, 0.5) is 0 Å². The lowest BCUT2D eigenvalue weighted by Gasteiger charge is -2.23. The van der Waals surface area contributed by atoms with Gasteiger partial charge in [-0.2, -0.15) is 0 Å². The van der Waals surface area contributed by atoms with Gasteiger partial charge in [-0.25, -0.2) is 0 Å². The number of ether oxygens (including phenoxy) is 2. The highest BCUT2D eigenvalue weighted by Crippen LogP contribution is 2.34. The molecule has 6 heteroatoms. The molecular weight excluding hydrogens is 320 g/mol. The second-order valence-electron chi connectivity index (χ2n) is 7.54. The van der Waals surface area contributed by atoms with Crippen molar-refractivity contribution in [1.29, 1.82) is 0 Å². The Kier molecular flexibility index (Phi) is 5.10. The summed E-state index contributed by atoms with van der Waals surface area (Å²) in [6.45, 7) is 6.14. The van der Waals surface area contributed by atoms with Gasteiger partial charge in [-0.3, -0.25) is 9.69 Å². The molecule has 4 rings (SSSR count). The minimum atomic E-state index is -0.309. The predicted molar refractivity (Wildman–Crippen MR) is 92.1 cm³/mol. The first-order valence-corrected chi connectivity index (χ1v) is 9.49. The lowest BCUT2D eigenvalue weighted by molar-refractivity contribution is -0.132. The number of nitrogens with one attached hydrogen (secondary N) is 1. The van der Waals surface area contributed by atoms with Gasteiger partial charge in [0.25, 0.3) is 0 Å². The first kappa shape index (κ1) is 17.1. The first-order valence-electron chi connectivity index (χ1n) is 9.49. The molecule has 1 N–H and O–H groups in total. The monoisotopic (exact) mass is 348 g/mol. The predicted octanol–water partition coefficient (Wildman–Crippen LogP) is 1.86. The molecule has 3 aliphatic heterocycles. The fourth-order valence-corrected chi connectivity index (χ4v) is 4.28. The van der Waals surface area contributed by atoms with Crippen molar-refractivity contribution >= 4 is 5.91 Å². The maximum Gasteiger partial charge on any atom is 0.249 e. The van der Waals surface area contributed by atoms with Crippen molar-refractivity contribution in [3.63, 3.8) is 0 Å². The highest BCUT2D eigenvalue weighted by Gasteiger charge is 2.45. The molecule has 3 saturated heterocycles. The molecule has 6 nitrogen and oxygen atoms in total. The van der Waals surface area contributed by atoms with E-state index in [-0.39, 0.29) is 18.1 Å². The Morgan fingerprint density at radius 3 is 2.88 bits per heavy atom. The number of carbonyl (C=O) groups excluding carboxylic acids is 1. The zero-order chi connectivity index (χ0) is 17.2. The normalized spacial score (nSPS) is 30.5. The van der Waals surface area contributed by atoms with Gasteiger partial charge >= 0.3 is 0 Å². The minimum absolute atomic E-state index is 0.0506. The number of rotatable bonds is 5. The summed E-state index contributed by atoms with van der Waals surface area (Å²) in [7, 11) is 0. The van der Waals surface area contributed by atoms with Crippen molar-refractivity contribution in [2.45, 2.75) is 57.4 Å². The molecular formula is C19H28N2O4. The fourth-order valence-electron chi connectivity index (χ4n) is 4.28. The van der Waals surface area contributed by atoms with Crippen molar-refractivity contribution in [3.05, 3.63) is 23.7 Å². The van der Waals surface area contributed by atoms with Crippen molar-refractivity contribution in [2.75, 3.05) is 26.3 Å². The van der Waals surface area contributed by atoms with Crippen LogP contribution in [0.3, 0.4) is 0 Å². The number of aryl methyl sites for hydroxylation is 1. The lowest BCUT2D eigenvalue weighted by Crippen LogP contribution is -2.39. The van der Waals surface area contributed by atoms with E-state index in [0.717, 1.165) is 70.1 Å². The van der Waals surface area contributed by atoms with Gasteiger partial charge in [-0.05, 0) is 44.2 Å². The maximum absolute atomic E-state index is 12.5. The summed E-state index contributed by atoms with van der Waals surface area (Å²) in [5.74, 6) is 2.52. The van der Waals surface area contributed by atoms with Crippen molar-refractivity contribution < 1.29 is 18.7 Å². The maximum atomic E-state index is 12.5. The zero-order valence-corrected chi connectivity index (χ0v) is 14.9. The molecule has 3 fully saturated rings. The number of hydrogen-bond donors (Lipinski definition) is 1. The van der Waals surface area contributed by atoms with Crippen molar-refractivity contribution in [3.8, 4) is 0 Å². The van der Waals surface area contributed by atoms with Gasteiger partial charge in [0.05, 0.1) is 12.6 Å². The van der Waals surface area contributed by atoms with Crippen LogP contribution in [0, 0.1) is 12.8 Å². The van der Waals surface area contributed by atoms with E-state index in [9.17, 15) is 4.79 Å². The number of amides is 1. The van der Waals surface area contributed by atoms with Crippen LogP contribution >= 0.6 is 0 Å². The Morgan fingerprint density at radius 2 is 2.12 bits per heavy atom. The number of fused-ring (bicyclic) bond motifs is 1. The minimum Gasteiger partial charge on any atom is -0.465 e. The molecule has 3 atom stereocenters. The average Bonchev–Trinajstić information content (AvgIpc) is 3.31. The zero-order valence-electron chi connectivity index (χ0n) is 14.9. The average molecular weight is 348 g/mol. The Bertz CT molecular complexity index is 596. The third-order valence-electron chi connectivity index (χ3n) is 5.75. The number of furan rings is 1. The molecule has 1 aromatic rings. The molecule has 4 heterocycles. The summed E-state index contributed by atoms with van der Waals surface area (Å²) in [5, 5.41) is 3.09. The molecule has 0 spiro atoms. The van der Waals surface area contributed by atoms with Gasteiger partial charge in [0, 0.05) is 38.8 Å². The van der Waals surface area contributed by atoms with Crippen LogP contribution in [0.2, 0.25) is 0 Å². The highest BCUT2D eigenvalue weighted by molar-refractivity contribution is 5.81. The van der Waals surface area contributed by atoms with Crippen LogP contribution in [-0.4, -0.2) is 55.4 Å². The van der Waals surface area contributed by atoms with E-state index >= 15 is 0 Å². The Balaban J connectivity index is 1.27. The lowest BCUT2D eigenvalue weighted by atomic mass is 10.0. The largest absolute Gasteiger partial charge is 0.465 e. The molecule has 0 radical (unpaired) electrons. The van der Waals surface area contributed by atoms with Crippen LogP contribution in [0.25, 0.3) is 0 Å². The van der Waals surface area contributed by atoms with E-state index in [1.807, 2.05) is 19.1 Å². The van der Waals surface area contributed by atoms with Crippen molar-refractivity contribution in [1.82, 2.24) is 10.2 Å². The second-order valence-corrected chi connectivity index (χ2v) is 7.54. The summed E-state index contributed by atoms with van der Waals surface area (Å²) in [6, 6.07) is 4.36. The van der Waals surface area contributed by atoms with Gasteiger partial charge in [0.1, 0.15) is 17.6 Å². The summed E-state index contributed by atoms with van der Waals surface area (Å²) < 4.78 is 17.1. The molecule has 0 aromatic carbocycles. The SMILES string of the molecule is Cc1ccc(CN2CC[C@H]3O[C@H](C(=O)NCC4CCOCC4)C[C@H]32)o1. The molecule has 0 aliphatic carbocycles. The van der Waals surface area contributed by atoms with E-state index in [4.69, 9.17) is 13.9 Å². The fraction of sp³-hybridized carbons (Fsp3) is 0.737. The molecule has 25 heavy (non-hydrogen) atoms. The van der Waals surface area contributed by atoms with E-state index in [1.165, 1.54) is 0 Å². The third kappa shape index (κ3) is 3.91. The van der Waals surface area contributed by atoms with Gasteiger partial charge in [0.15, 0.2) is 0 Å². The van der Waals surface area contributed by atoms with Crippen LogP contribution in [0.5, 0.6) is 0 Å². The van der Waals surface area contributed by atoms with Crippen LogP contribution in [-0.2, 0) is 20.8 Å². The first-order chi connectivity index (χ1) is 12.2. The third-order valence-corrected chi connectivity index (χ3v) is 5.75. The molecule has 138 valence electrons. The topological polar surface area (TPSA) is 63.9 Å². The molecule has 0 unspecified atom stereocenters. The number of hydrogen-bond acceptors (Lipinski definition) is 5. The Labute approximate surface area is 148 Å². The van der Waals surface area contributed by atoms with Gasteiger partial charge in [-0.1, -0.05) is 0 Å². The smallest absolute Gasteiger partial charge is 0.249 e. The van der Waals surface area contributed by atoms with Crippen LogP contribution < -0.4 is 5.32 Å². The van der Waals surface area contributed by atoms with Crippen LogP contribution in [0.1, 0.15) is 37.2 Å². The summed E-state index contributed by atoms with van der Waals surface area (Å²) in [6.07, 6.45) is 3.71. The summed E-state index contributed by atoms with van der Waals surface area (Å²) >= 11 is 0. The standard InChI is InChI=1S/C19H28N2O4/c1-13-2-3-15(24-13)12-21-7-4-17-16(21)10-18(25-17)19(22)20-11-14-5-8-23-9-6-14/h2-3,14,16-18H,4-12H2,1H3,(H,20,22)/t16-,17-,18+/m1/s1. The Morgan fingerprint density at radius 1 is 1.28 bits per heavy atom. The van der Waals surface area contributed by atoms with E-state index in [2.05, 4.69) is 10.2 Å². The number of nitrogens with zero attached hydrogens (tertiary/aromatic N) is 1. The summed E-state index contributed by atoms with van der Waals surface area (Å²) in [4.78, 5) is 14.9. The Hall–Kier alpha value is -1.37. The molecule has 0 bridgehead atoms. The second kappa shape index (κ2) is 7.48. The quantitative estimate of drug-likeness (QED) is 0.880. The van der Waals surface area contributed by atoms with Crippen molar-refractivity contribution in [2.24, 2.45) is 5.92 Å². The van der Waals surface area contributed by atoms with Crippen LogP contribution in [0.15, 0.2) is 16.5 Å². The van der Waals surface area contributed by atoms with E-state index < -0.39 is 0 Å². The van der Waals surface area contributed by atoms with Gasteiger partial charge in [-0.15, -0.1) is 0 Å².